The number of ether oxygens (including phenoxy) is 2. The highest BCUT2D eigenvalue weighted by atomic mass is 35.5. The summed E-state index contributed by atoms with van der Waals surface area (Å²) >= 11 is 6.44. The highest BCUT2D eigenvalue weighted by Crippen LogP contribution is 2.63. The SMILES string of the molecule is C=CCCCCOC(=O)[C@@H]1[C@H]2C(=O)N(CCO)C(C(=O)N(CC=C)c3ccccc3Cl)C23CC[C@@]1(C)O3. The summed E-state index contributed by atoms with van der Waals surface area (Å²) in [6.07, 6.45) is 6.73. The Balaban J connectivity index is 1.68. The molecule has 3 aliphatic rings. The van der Waals surface area contributed by atoms with Crippen molar-refractivity contribution in [2.24, 2.45) is 11.8 Å². The minimum absolute atomic E-state index is 0.0542. The zero-order valence-corrected chi connectivity index (χ0v) is 22.0. The van der Waals surface area contributed by atoms with Gasteiger partial charge in [0.15, 0.2) is 0 Å². The standard InChI is InChI=1S/C28H35ClN2O6/c1-4-6-7-10-18-36-26(35)22-21-24(33)31(16-17-32)23(28(21)14-13-27(22,3)37-28)25(34)30(15-5-2)20-12-9-8-11-19(20)29/h4-5,8-9,11-12,21-23,32H,1-2,6-7,10,13-18H2,3H3/t21-,22-,23?,27+,28?/m0/s1. The summed E-state index contributed by atoms with van der Waals surface area (Å²) in [5, 5.41) is 10.2. The van der Waals surface area contributed by atoms with Gasteiger partial charge in [0.25, 0.3) is 5.91 Å². The fourth-order valence-corrected chi connectivity index (χ4v) is 6.56. The molecule has 2 unspecified atom stereocenters. The van der Waals surface area contributed by atoms with Gasteiger partial charge in [-0.05, 0) is 51.2 Å². The molecule has 4 rings (SSSR count). The number of hydrogen-bond donors (Lipinski definition) is 1. The number of para-hydroxylation sites is 1. The molecule has 9 heteroatoms. The van der Waals surface area contributed by atoms with Crippen molar-refractivity contribution in [1.82, 2.24) is 4.90 Å². The number of hydrogen-bond acceptors (Lipinski definition) is 6. The Bertz CT molecular complexity index is 1080. The van der Waals surface area contributed by atoms with Crippen LogP contribution in [0.1, 0.15) is 39.0 Å². The number of likely N-dealkylation sites (tertiary alicyclic amines) is 1. The van der Waals surface area contributed by atoms with Crippen LogP contribution in [0.5, 0.6) is 0 Å². The lowest BCUT2D eigenvalue weighted by atomic mass is 9.66. The number of aliphatic hydroxyl groups excluding tert-OH is 1. The van der Waals surface area contributed by atoms with Crippen molar-refractivity contribution >= 4 is 35.1 Å². The number of fused-ring (bicyclic) bond motifs is 1. The van der Waals surface area contributed by atoms with Crippen molar-refractivity contribution in [2.75, 3.05) is 31.2 Å². The summed E-state index contributed by atoms with van der Waals surface area (Å²) in [5.74, 6) is -2.95. The normalized spacial score (nSPS) is 29.8. The number of halogens is 1. The number of anilines is 1. The largest absolute Gasteiger partial charge is 0.465 e. The molecule has 1 aromatic rings. The van der Waals surface area contributed by atoms with E-state index in [0.29, 0.717) is 30.0 Å². The lowest BCUT2D eigenvalue weighted by Gasteiger charge is -2.36. The second-order valence-electron chi connectivity index (χ2n) is 10.1. The fourth-order valence-electron chi connectivity index (χ4n) is 6.32. The highest BCUT2D eigenvalue weighted by molar-refractivity contribution is 6.34. The molecule has 0 aromatic heterocycles. The van der Waals surface area contributed by atoms with Crippen LogP contribution in [0.4, 0.5) is 5.69 Å². The van der Waals surface area contributed by atoms with Gasteiger partial charge >= 0.3 is 5.97 Å². The van der Waals surface area contributed by atoms with E-state index in [0.717, 1.165) is 12.8 Å². The van der Waals surface area contributed by atoms with E-state index in [4.69, 9.17) is 21.1 Å². The summed E-state index contributed by atoms with van der Waals surface area (Å²) in [6, 6.07) is 5.93. The van der Waals surface area contributed by atoms with Gasteiger partial charge in [-0.15, -0.1) is 13.2 Å². The summed E-state index contributed by atoms with van der Waals surface area (Å²) < 4.78 is 12.2. The number of amides is 2. The maximum absolute atomic E-state index is 14.2. The molecule has 1 N–H and O–H groups in total. The van der Waals surface area contributed by atoms with Gasteiger partial charge in [-0.3, -0.25) is 14.4 Å². The number of β-amino-alcohol motifs (C(OH)–C–C–N with tert-alkyl or cyclic N) is 1. The van der Waals surface area contributed by atoms with E-state index in [1.165, 1.54) is 9.80 Å². The van der Waals surface area contributed by atoms with Crippen molar-refractivity contribution in [2.45, 2.75) is 56.3 Å². The van der Waals surface area contributed by atoms with Crippen LogP contribution in [0.3, 0.4) is 0 Å². The first-order chi connectivity index (χ1) is 17.8. The first-order valence-electron chi connectivity index (χ1n) is 12.8. The summed E-state index contributed by atoms with van der Waals surface area (Å²) in [6.45, 7) is 9.33. The maximum atomic E-state index is 14.2. The van der Waals surface area contributed by atoms with E-state index in [9.17, 15) is 19.5 Å². The minimum Gasteiger partial charge on any atom is -0.465 e. The van der Waals surface area contributed by atoms with Crippen LogP contribution in [0.2, 0.25) is 5.02 Å². The molecule has 3 aliphatic heterocycles. The molecule has 1 aromatic carbocycles. The lowest BCUT2D eigenvalue weighted by molar-refractivity contribution is -0.159. The third-order valence-electron chi connectivity index (χ3n) is 7.87. The summed E-state index contributed by atoms with van der Waals surface area (Å²) in [5.41, 5.74) is -1.64. The topological polar surface area (TPSA) is 96.4 Å². The first kappa shape index (κ1) is 27.4. The Morgan fingerprint density at radius 1 is 1.27 bits per heavy atom. The number of esters is 1. The van der Waals surface area contributed by atoms with E-state index in [1.54, 1.807) is 30.3 Å². The molecule has 3 saturated heterocycles. The molecule has 200 valence electrons. The average molecular weight is 531 g/mol. The second kappa shape index (κ2) is 11.0. The third kappa shape index (κ3) is 4.60. The van der Waals surface area contributed by atoms with Crippen LogP contribution < -0.4 is 4.90 Å². The van der Waals surface area contributed by atoms with Crippen LogP contribution in [0.25, 0.3) is 0 Å². The Labute approximate surface area is 222 Å². The van der Waals surface area contributed by atoms with Gasteiger partial charge < -0.3 is 24.4 Å². The van der Waals surface area contributed by atoms with Crippen LogP contribution in [0.15, 0.2) is 49.6 Å². The van der Waals surface area contributed by atoms with Gasteiger partial charge in [-0.1, -0.05) is 35.9 Å². The monoisotopic (exact) mass is 530 g/mol. The zero-order chi connectivity index (χ0) is 26.8. The van der Waals surface area contributed by atoms with Crippen molar-refractivity contribution in [1.29, 1.82) is 0 Å². The van der Waals surface area contributed by atoms with E-state index >= 15 is 0 Å². The molecule has 3 heterocycles. The molecule has 0 radical (unpaired) electrons. The molecular formula is C28H35ClN2O6. The predicted octanol–water partition coefficient (Wildman–Crippen LogP) is 3.52. The van der Waals surface area contributed by atoms with Crippen molar-refractivity contribution in [3.63, 3.8) is 0 Å². The van der Waals surface area contributed by atoms with Gasteiger partial charge in [-0.25, -0.2) is 0 Å². The number of benzene rings is 1. The third-order valence-corrected chi connectivity index (χ3v) is 8.19. The molecular weight excluding hydrogens is 496 g/mol. The smallest absolute Gasteiger partial charge is 0.312 e. The van der Waals surface area contributed by atoms with Gasteiger partial charge in [-0.2, -0.15) is 0 Å². The second-order valence-corrected chi connectivity index (χ2v) is 10.5. The Morgan fingerprint density at radius 2 is 2.03 bits per heavy atom. The van der Waals surface area contributed by atoms with Gasteiger partial charge in [0.1, 0.15) is 17.6 Å². The molecule has 0 aliphatic carbocycles. The van der Waals surface area contributed by atoms with E-state index < -0.39 is 35.0 Å². The lowest BCUT2D eigenvalue weighted by Crippen LogP contribution is -2.57. The molecule has 3 fully saturated rings. The Hall–Kier alpha value is -2.68. The molecule has 2 amide bonds. The number of rotatable bonds is 12. The molecule has 37 heavy (non-hydrogen) atoms. The summed E-state index contributed by atoms with van der Waals surface area (Å²) in [4.78, 5) is 44.3. The fraction of sp³-hybridized carbons (Fsp3) is 0.536. The summed E-state index contributed by atoms with van der Waals surface area (Å²) in [7, 11) is 0. The number of aliphatic hydroxyl groups is 1. The number of nitrogens with zero attached hydrogens (tertiary/aromatic N) is 2. The Kier molecular flexibility index (Phi) is 8.11. The molecule has 5 atom stereocenters. The van der Waals surface area contributed by atoms with E-state index in [1.807, 2.05) is 13.0 Å². The van der Waals surface area contributed by atoms with Crippen LogP contribution in [0, 0.1) is 11.8 Å². The number of allylic oxidation sites excluding steroid dienone is 1. The van der Waals surface area contributed by atoms with E-state index in [2.05, 4.69) is 13.2 Å². The van der Waals surface area contributed by atoms with Gasteiger partial charge in [0.2, 0.25) is 5.91 Å². The first-order valence-corrected chi connectivity index (χ1v) is 13.2. The van der Waals surface area contributed by atoms with Crippen LogP contribution in [-0.2, 0) is 23.9 Å². The highest BCUT2D eigenvalue weighted by Gasteiger charge is 2.78. The quantitative estimate of drug-likeness (QED) is 0.252. The van der Waals surface area contributed by atoms with Crippen molar-refractivity contribution in [3.05, 3.63) is 54.6 Å². The predicted molar refractivity (Wildman–Crippen MR) is 140 cm³/mol. The maximum Gasteiger partial charge on any atom is 0.312 e. The number of carbonyl (C=O) groups excluding carboxylic acids is 3. The van der Waals surface area contributed by atoms with Gasteiger partial charge in [0, 0.05) is 13.1 Å². The molecule has 2 bridgehead atoms. The van der Waals surface area contributed by atoms with Crippen LogP contribution in [-0.4, -0.2) is 71.3 Å². The number of unbranched alkanes of at least 4 members (excludes halogenated alkanes) is 2. The Morgan fingerprint density at radius 3 is 2.70 bits per heavy atom. The van der Waals surface area contributed by atoms with Gasteiger partial charge in [0.05, 0.1) is 35.4 Å². The van der Waals surface area contributed by atoms with Crippen LogP contribution >= 0.6 is 11.6 Å². The molecule has 8 nitrogen and oxygen atoms in total. The van der Waals surface area contributed by atoms with E-state index in [-0.39, 0.29) is 38.1 Å². The zero-order valence-electron chi connectivity index (χ0n) is 21.2. The van der Waals surface area contributed by atoms with Crippen molar-refractivity contribution in [3.8, 4) is 0 Å². The minimum atomic E-state index is -1.20. The average Bonchev–Trinajstić information content (AvgIpc) is 3.44. The number of carbonyl (C=O) groups is 3. The molecule has 1 spiro atoms. The van der Waals surface area contributed by atoms with Crippen molar-refractivity contribution < 1.29 is 29.0 Å². The molecule has 0 saturated carbocycles.